The van der Waals surface area contributed by atoms with Crippen LogP contribution >= 0.6 is 0 Å². The zero-order valence-corrected chi connectivity index (χ0v) is 14.1. The Hall–Kier alpha value is -1.96. The number of β-amino-alcohol motifs (C(OH)–C–C–N with tert-alkyl or cyclic N) is 1. The fourth-order valence-corrected chi connectivity index (χ4v) is 3.02. The van der Waals surface area contributed by atoms with E-state index in [0.717, 1.165) is 11.1 Å². The average molecular weight is 335 g/mol. The number of hydrogen-bond acceptors (Lipinski definition) is 5. The quantitative estimate of drug-likeness (QED) is 0.632. The first-order chi connectivity index (χ1) is 11.3. The number of nitrogens with one attached hydrogen (secondary N) is 1. The van der Waals surface area contributed by atoms with Gasteiger partial charge in [0.1, 0.15) is 0 Å². The lowest BCUT2D eigenvalue weighted by Gasteiger charge is -2.24. The first-order valence-corrected chi connectivity index (χ1v) is 8.00. The molecule has 7 nitrogen and oxygen atoms in total. The molecule has 132 valence electrons. The van der Waals surface area contributed by atoms with Crippen molar-refractivity contribution in [2.24, 2.45) is 0 Å². The zero-order valence-electron chi connectivity index (χ0n) is 14.1. The number of aliphatic carboxylic acids is 1. The Morgan fingerprint density at radius 1 is 1.38 bits per heavy atom. The number of hydrogen-bond donors (Lipinski definition) is 3. The van der Waals surface area contributed by atoms with Crippen LogP contribution in [0.2, 0.25) is 0 Å². The zero-order chi connectivity index (χ0) is 17.7. The van der Waals surface area contributed by atoms with Gasteiger partial charge in [0.25, 0.3) is 0 Å². The van der Waals surface area contributed by atoms with Crippen molar-refractivity contribution in [3.8, 4) is 0 Å². The highest BCUT2D eigenvalue weighted by atomic mass is 16.4. The summed E-state index contributed by atoms with van der Waals surface area (Å²) in [5.41, 5.74) is 2.19. The number of rotatable bonds is 7. The molecular weight excluding hydrogens is 310 g/mol. The first kappa shape index (κ1) is 18.4. The molecule has 1 heterocycles. The number of amides is 1. The highest BCUT2D eigenvalue weighted by Gasteiger charge is 2.35. The summed E-state index contributed by atoms with van der Waals surface area (Å²) in [4.78, 5) is 26.3. The number of aliphatic hydroxyl groups is 1. The second-order valence-electron chi connectivity index (χ2n) is 6.40. The topological polar surface area (TPSA) is 93.1 Å². The molecule has 0 aliphatic carbocycles. The van der Waals surface area contributed by atoms with Gasteiger partial charge < -0.3 is 15.5 Å². The summed E-state index contributed by atoms with van der Waals surface area (Å²) in [6, 6.07) is 7.67. The minimum Gasteiger partial charge on any atom is -0.480 e. The molecule has 3 N–H and O–H groups in total. The predicted molar refractivity (Wildman–Crippen MR) is 89.5 cm³/mol. The van der Waals surface area contributed by atoms with E-state index < -0.39 is 12.1 Å². The molecule has 1 saturated heterocycles. The number of benzene rings is 1. The number of likely N-dealkylation sites (tertiary alicyclic amines) is 1. The monoisotopic (exact) mass is 335 g/mol. The molecule has 0 radical (unpaired) electrons. The lowest BCUT2D eigenvalue weighted by Crippen LogP contribution is -2.43. The second-order valence-corrected chi connectivity index (χ2v) is 6.40. The minimum atomic E-state index is -0.931. The van der Waals surface area contributed by atoms with Gasteiger partial charge in [-0.2, -0.15) is 0 Å². The highest BCUT2D eigenvalue weighted by molar-refractivity contribution is 5.78. The molecule has 1 aromatic carbocycles. The van der Waals surface area contributed by atoms with Crippen LogP contribution in [0.1, 0.15) is 11.1 Å². The first-order valence-electron chi connectivity index (χ1n) is 8.00. The lowest BCUT2D eigenvalue weighted by molar-refractivity contribution is -0.138. The van der Waals surface area contributed by atoms with Gasteiger partial charge in [-0.3, -0.25) is 19.4 Å². The summed E-state index contributed by atoms with van der Waals surface area (Å²) in [6.07, 6.45) is -0.654. The molecule has 0 spiro atoms. The van der Waals surface area contributed by atoms with Gasteiger partial charge in [-0.1, -0.05) is 29.8 Å². The average Bonchev–Trinajstić information content (AvgIpc) is 2.85. The third-order valence-corrected chi connectivity index (χ3v) is 4.22. The van der Waals surface area contributed by atoms with Crippen LogP contribution in [0, 0.1) is 6.92 Å². The number of nitrogens with zero attached hydrogens (tertiary/aromatic N) is 2. The SMILES string of the molecule is Cc1cccc(CNC(=O)CN2C[C@@H](O)[C@H](N(C)CC(=O)O)C2)c1. The van der Waals surface area contributed by atoms with Crippen LogP contribution in [0.15, 0.2) is 24.3 Å². The van der Waals surface area contributed by atoms with E-state index in [2.05, 4.69) is 5.32 Å². The Kier molecular flexibility index (Phi) is 6.30. The van der Waals surface area contributed by atoms with E-state index in [1.54, 1.807) is 11.9 Å². The number of carboxylic acids is 1. The summed E-state index contributed by atoms with van der Waals surface area (Å²) >= 11 is 0. The van der Waals surface area contributed by atoms with Gasteiger partial charge in [0.05, 0.1) is 19.2 Å². The van der Waals surface area contributed by atoms with Crippen molar-refractivity contribution < 1.29 is 19.8 Å². The molecule has 2 rings (SSSR count). The van der Waals surface area contributed by atoms with E-state index >= 15 is 0 Å². The van der Waals surface area contributed by atoms with Crippen molar-refractivity contribution in [3.63, 3.8) is 0 Å². The number of carboxylic acid groups (broad SMARTS) is 1. The summed E-state index contributed by atoms with van der Waals surface area (Å²) < 4.78 is 0. The summed E-state index contributed by atoms with van der Waals surface area (Å²) in [5.74, 6) is -1.04. The molecule has 0 saturated carbocycles. The number of carbonyl (C=O) groups excluding carboxylic acids is 1. The summed E-state index contributed by atoms with van der Waals surface area (Å²) in [7, 11) is 1.67. The second kappa shape index (κ2) is 8.23. The highest BCUT2D eigenvalue weighted by Crippen LogP contribution is 2.14. The van der Waals surface area contributed by atoms with Crippen LogP contribution in [0.3, 0.4) is 0 Å². The van der Waals surface area contributed by atoms with Gasteiger partial charge in [0.2, 0.25) is 5.91 Å². The fourth-order valence-electron chi connectivity index (χ4n) is 3.02. The Balaban J connectivity index is 1.79. The Labute approximate surface area is 141 Å². The van der Waals surface area contributed by atoms with Crippen LogP contribution in [-0.2, 0) is 16.1 Å². The van der Waals surface area contributed by atoms with Gasteiger partial charge in [-0.15, -0.1) is 0 Å². The number of aryl methyl sites for hydroxylation is 1. The fraction of sp³-hybridized carbons (Fsp3) is 0.529. The molecular formula is C17H25N3O4. The van der Waals surface area contributed by atoms with Crippen LogP contribution in [0.25, 0.3) is 0 Å². The van der Waals surface area contributed by atoms with Gasteiger partial charge in [-0.05, 0) is 19.5 Å². The van der Waals surface area contributed by atoms with Gasteiger partial charge in [0, 0.05) is 25.7 Å². The molecule has 2 atom stereocenters. The molecule has 0 unspecified atom stereocenters. The maximum atomic E-state index is 12.1. The van der Waals surface area contributed by atoms with Crippen LogP contribution < -0.4 is 5.32 Å². The van der Waals surface area contributed by atoms with Gasteiger partial charge >= 0.3 is 5.97 Å². The molecule has 0 bridgehead atoms. The Bertz CT molecular complexity index is 593. The number of carbonyl (C=O) groups is 2. The van der Waals surface area contributed by atoms with Gasteiger partial charge in [-0.25, -0.2) is 0 Å². The maximum absolute atomic E-state index is 12.1. The van der Waals surface area contributed by atoms with Crippen molar-refractivity contribution in [2.75, 3.05) is 33.2 Å². The van der Waals surface area contributed by atoms with Crippen LogP contribution in [0.4, 0.5) is 0 Å². The van der Waals surface area contributed by atoms with Crippen molar-refractivity contribution in [1.29, 1.82) is 0 Å². The largest absolute Gasteiger partial charge is 0.480 e. The number of aliphatic hydroxyl groups excluding tert-OH is 1. The van der Waals surface area contributed by atoms with E-state index in [4.69, 9.17) is 5.11 Å². The predicted octanol–water partition coefficient (Wildman–Crippen LogP) is -0.327. The molecule has 24 heavy (non-hydrogen) atoms. The van der Waals surface area contributed by atoms with E-state index in [1.165, 1.54) is 0 Å². The molecule has 1 aliphatic heterocycles. The van der Waals surface area contributed by atoms with Crippen molar-refractivity contribution in [1.82, 2.24) is 15.1 Å². The molecule has 1 aliphatic rings. The summed E-state index contributed by atoms with van der Waals surface area (Å²) in [5, 5.41) is 21.8. The van der Waals surface area contributed by atoms with E-state index in [1.807, 2.05) is 36.1 Å². The normalized spacial score (nSPS) is 21.2. The number of likely N-dealkylation sites (N-methyl/N-ethyl adjacent to an activating group) is 1. The van der Waals surface area contributed by atoms with Gasteiger partial charge in [0.15, 0.2) is 0 Å². The lowest BCUT2D eigenvalue weighted by atomic mass is 10.1. The molecule has 1 amide bonds. The third kappa shape index (κ3) is 5.30. The molecule has 1 fully saturated rings. The molecule has 1 aromatic rings. The summed E-state index contributed by atoms with van der Waals surface area (Å²) in [6.45, 7) is 3.38. The third-order valence-electron chi connectivity index (χ3n) is 4.22. The molecule has 0 aromatic heterocycles. The molecule has 7 heteroatoms. The van der Waals surface area contributed by atoms with E-state index in [9.17, 15) is 14.7 Å². The van der Waals surface area contributed by atoms with Crippen molar-refractivity contribution in [3.05, 3.63) is 35.4 Å². The maximum Gasteiger partial charge on any atom is 0.317 e. The van der Waals surface area contributed by atoms with Crippen molar-refractivity contribution >= 4 is 11.9 Å². The Morgan fingerprint density at radius 3 is 2.79 bits per heavy atom. The van der Waals surface area contributed by atoms with E-state index in [-0.39, 0.29) is 25.0 Å². The minimum absolute atomic E-state index is 0.106. The smallest absolute Gasteiger partial charge is 0.317 e. The van der Waals surface area contributed by atoms with Crippen LogP contribution in [-0.4, -0.2) is 77.3 Å². The van der Waals surface area contributed by atoms with Crippen LogP contribution in [0.5, 0.6) is 0 Å². The standard InChI is InChI=1S/C17H25N3O4/c1-12-4-3-5-13(6-12)7-18-16(22)10-20-8-14(15(21)9-20)19(2)11-17(23)24/h3-6,14-15,21H,7-11H2,1-2H3,(H,18,22)(H,23,24)/t14-,15-/m1/s1. The van der Waals surface area contributed by atoms with E-state index in [0.29, 0.717) is 19.6 Å². The Morgan fingerprint density at radius 2 is 2.12 bits per heavy atom. The van der Waals surface area contributed by atoms with Crippen molar-refractivity contribution in [2.45, 2.75) is 25.6 Å².